The van der Waals surface area contributed by atoms with Crippen molar-refractivity contribution in [2.24, 2.45) is 7.05 Å². The van der Waals surface area contributed by atoms with Crippen LogP contribution in [0.2, 0.25) is 0 Å². The molecule has 0 aliphatic carbocycles. The van der Waals surface area contributed by atoms with Gasteiger partial charge in [0.05, 0.1) is 11.0 Å². The molecule has 1 fully saturated rings. The van der Waals surface area contributed by atoms with Gasteiger partial charge in [-0.25, -0.2) is 0 Å². The number of hydrogen-bond acceptors (Lipinski definition) is 4. The summed E-state index contributed by atoms with van der Waals surface area (Å²) < 4.78 is 2.13. The Morgan fingerprint density at radius 3 is 2.83 bits per heavy atom. The van der Waals surface area contributed by atoms with Crippen molar-refractivity contribution in [3.63, 3.8) is 0 Å². The fourth-order valence-electron chi connectivity index (χ4n) is 4.21. The summed E-state index contributed by atoms with van der Waals surface area (Å²) in [5, 5.41) is 4.82. The molecule has 4 aromatic rings. The number of fused-ring (bicyclic) bond motifs is 2. The van der Waals surface area contributed by atoms with Crippen LogP contribution < -0.4 is 5.32 Å². The van der Waals surface area contributed by atoms with Crippen LogP contribution >= 0.6 is 0 Å². The van der Waals surface area contributed by atoms with Crippen molar-refractivity contribution < 1.29 is 4.79 Å². The molecule has 2 aromatic carbocycles. The lowest BCUT2D eigenvalue weighted by molar-refractivity contribution is -0.127. The Kier molecular flexibility index (Phi) is 4.19. The highest BCUT2D eigenvalue weighted by Gasteiger charge is 2.24. The van der Waals surface area contributed by atoms with Gasteiger partial charge in [0, 0.05) is 68.5 Å². The van der Waals surface area contributed by atoms with E-state index >= 15 is 0 Å². The van der Waals surface area contributed by atoms with Gasteiger partial charge < -0.3 is 14.8 Å². The molecule has 1 atom stereocenters. The van der Waals surface area contributed by atoms with E-state index in [9.17, 15) is 4.79 Å². The number of nitrogens with zero attached hydrogens (tertiary/aromatic N) is 4. The third kappa shape index (κ3) is 3.20. The van der Waals surface area contributed by atoms with Crippen LogP contribution in [0.3, 0.4) is 0 Å². The number of hydrogen-bond donors (Lipinski definition) is 1. The van der Waals surface area contributed by atoms with E-state index in [4.69, 9.17) is 0 Å². The van der Waals surface area contributed by atoms with Gasteiger partial charge in [-0.3, -0.25) is 14.8 Å². The van der Waals surface area contributed by atoms with Crippen molar-refractivity contribution in [2.45, 2.75) is 19.4 Å². The number of nitrogens with one attached hydrogen (secondary N) is 1. The van der Waals surface area contributed by atoms with E-state index in [0.717, 1.165) is 47.4 Å². The normalized spacial score (nSPS) is 16.6. The second kappa shape index (κ2) is 6.88. The summed E-state index contributed by atoms with van der Waals surface area (Å²) in [7, 11) is 2.06. The first-order chi connectivity index (χ1) is 14.1. The molecule has 0 radical (unpaired) electrons. The average Bonchev–Trinajstić information content (AvgIpc) is 3.34. The molecule has 2 aromatic heterocycles. The van der Waals surface area contributed by atoms with Gasteiger partial charge in [0.2, 0.25) is 5.91 Å². The topological polar surface area (TPSA) is 63.1 Å². The molecule has 1 N–H and O–H groups in total. The van der Waals surface area contributed by atoms with Gasteiger partial charge in [0.1, 0.15) is 0 Å². The number of benzene rings is 2. The quantitative estimate of drug-likeness (QED) is 0.582. The van der Waals surface area contributed by atoms with E-state index in [2.05, 4.69) is 63.4 Å². The number of carbonyl (C=O) groups excluding carboxylic acids is 1. The fourth-order valence-corrected chi connectivity index (χ4v) is 4.21. The van der Waals surface area contributed by atoms with Gasteiger partial charge in [0.15, 0.2) is 0 Å². The lowest BCUT2D eigenvalue weighted by atomic mass is 10.0. The van der Waals surface area contributed by atoms with Gasteiger partial charge in [-0.05, 0) is 41.6 Å². The Balaban J connectivity index is 1.57. The third-order valence-electron chi connectivity index (χ3n) is 5.78. The lowest BCUT2D eigenvalue weighted by Crippen LogP contribution is -2.29. The van der Waals surface area contributed by atoms with Crippen LogP contribution in [0.15, 0.2) is 55.0 Å². The summed E-state index contributed by atoms with van der Waals surface area (Å²) in [5.41, 5.74) is 6.12. The molecule has 6 heteroatoms. The molecule has 6 nitrogen and oxygen atoms in total. The molecular weight excluding hydrogens is 362 g/mol. The van der Waals surface area contributed by atoms with Crippen LogP contribution in [-0.2, 0) is 11.8 Å². The molecule has 0 spiro atoms. The maximum Gasteiger partial charge on any atom is 0.219 e. The van der Waals surface area contributed by atoms with Gasteiger partial charge in [-0.2, -0.15) is 0 Å². The second-order valence-electron chi connectivity index (χ2n) is 7.74. The molecular formula is C23H23N5O. The Bertz CT molecular complexity index is 1230. The minimum absolute atomic E-state index is 0.134. The smallest absolute Gasteiger partial charge is 0.219 e. The number of likely N-dealkylation sites (tertiary alicyclic amines) is 1. The van der Waals surface area contributed by atoms with Crippen LogP contribution in [0, 0.1) is 0 Å². The minimum Gasteiger partial charge on any atom is -0.380 e. The van der Waals surface area contributed by atoms with Crippen LogP contribution in [0.5, 0.6) is 0 Å². The lowest BCUT2D eigenvalue weighted by Gasteiger charge is -2.17. The Hall–Kier alpha value is -3.41. The highest BCUT2D eigenvalue weighted by Crippen LogP contribution is 2.32. The number of aromatic nitrogens is 3. The van der Waals surface area contributed by atoms with Gasteiger partial charge in [0.25, 0.3) is 0 Å². The molecule has 0 unspecified atom stereocenters. The summed E-state index contributed by atoms with van der Waals surface area (Å²) in [5.74, 6) is 0.134. The number of carbonyl (C=O) groups is 1. The van der Waals surface area contributed by atoms with E-state index in [1.54, 1.807) is 19.3 Å². The van der Waals surface area contributed by atoms with Crippen molar-refractivity contribution >= 4 is 33.5 Å². The van der Waals surface area contributed by atoms with E-state index in [-0.39, 0.29) is 11.9 Å². The fraction of sp³-hybridized carbons (Fsp3) is 0.261. The third-order valence-corrected chi connectivity index (χ3v) is 5.78. The van der Waals surface area contributed by atoms with Crippen molar-refractivity contribution in [2.75, 3.05) is 18.4 Å². The summed E-state index contributed by atoms with van der Waals surface area (Å²) >= 11 is 0. The van der Waals surface area contributed by atoms with Crippen molar-refractivity contribution in [3.8, 4) is 11.1 Å². The van der Waals surface area contributed by atoms with Gasteiger partial charge in [-0.15, -0.1) is 0 Å². The molecule has 1 aliphatic rings. The van der Waals surface area contributed by atoms with Crippen molar-refractivity contribution in [1.29, 1.82) is 0 Å². The monoisotopic (exact) mass is 385 g/mol. The predicted molar refractivity (Wildman–Crippen MR) is 116 cm³/mol. The van der Waals surface area contributed by atoms with Crippen LogP contribution in [0.4, 0.5) is 5.69 Å². The molecule has 1 saturated heterocycles. The Labute approximate surface area is 169 Å². The highest BCUT2D eigenvalue weighted by molar-refractivity contribution is 5.97. The summed E-state index contributed by atoms with van der Waals surface area (Å²) in [4.78, 5) is 22.7. The molecule has 0 bridgehead atoms. The number of amides is 1. The zero-order chi connectivity index (χ0) is 20.0. The second-order valence-corrected chi connectivity index (χ2v) is 7.74. The van der Waals surface area contributed by atoms with Crippen molar-refractivity contribution in [1.82, 2.24) is 19.4 Å². The molecule has 5 rings (SSSR count). The summed E-state index contributed by atoms with van der Waals surface area (Å²) in [6, 6.07) is 13.1. The summed E-state index contributed by atoms with van der Waals surface area (Å²) in [6.45, 7) is 3.17. The van der Waals surface area contributed by atoms with Crippen molar-refractivity contribution in [3.05, 3.63) is 55.0 Å². The van der Waals surface area contributed by atoms with E-state index in [0.29, 0.717) is 0 Å². The summed E-state index contributed by atoms with van der Waals surface area (Å²) in [6.07, 6.45) is 6.49. The van der Waals surface area contributed by atoms with Gasteiger partial charge in [-0.1, -0.05) is 12.1 Å². The van der Waals surface area contributed by atoms with Gasteiger partial charge >= 0.3 is 0 Å². The number of aryl methyl sites for hydroxylation is 1. The minimum atomic E-state index is 0.134. The molecule has 1 aliphatic heterocycles. The first kappa shape index (κ1) is 17.7. The van der Waals surface area contributed by atoms with Crippen LogP contribution in [-0.4, -0.2) is 44.5 Å². The zero-order valence-corrected chi connectivity index (χ0v) is 16.6. The number of rotatable bonds is 3. The largest absolute Gasteiger partial charge is 0.380 e. The first-order valence-electron chi connectivity index (χ1n) is 9.91. The Morgan fingerprint density at radius 2 is 2.00 bits per heavy atom. The average molecular weight is 385 g/mol. The van der Waals surface area contributed by atoms with E-state index in [1.807, 2.05) is 11.0 Å². The molecule has 146 valence electrons. The SMILES string of the molecule is CC(=O)N1CC[C@@H](Nc2cc(-c3ccc4ccn(C)c4c3)c3nccnc3c2)C1. The highest BCUT2D eigenvalue weighted by atomic mass is 16.2. The predicted octanol–water partition coefficient (Wildman–Crippen LogP) is 3.82. The number of anilines is 1. The Morgan fingerprint density at radius 1 is 1.14 bits per heavy atom. The van der Waals surface area contributed by atoms with Crippen LogP contribution in [0.25, 0.3) is 33.1 Å². The molecule has 0 saturated carbocycles. The van der Waals surface area contributed by atoms with E-state index in [1.165, 1.54) is 10.9 Å². The first-order valence-corrected chi connectivity index (χ1v) is 9.91. The molecule has 1 amide bonds. The standard InChI is InChI=1S/C23H23N5O/c1-15(29)28-10-6-18(14-28)26-19-12-20(23-21(13-19)24-7-8-25-23)17-4-3-16-5-9-27(2)22(16)11-17/h3-5,7-9,11-13,18,26H,6,10,14H2,1-2H3/t18-/m1/s1. The molecule has 3 heterocycles. The zero-order valence-electron chi connectivity index (χ0n) is 16.6. The maximum atomic E-state index is 11.6. The molecule has 29 heavy (non-hydrogen) atoms. The van der Waals surface area contributed by atoms with Crippen LogP contribution in [0.1, 0.15) is 13.3 Å². The van der Waals surface area contributed by atoms with E-state index < -0.39 is 0 Å². The maximum absolute atomic E-state index is 11.6.